The first kappa shape index (κ1) is 11.3. The van der Waals surface area contributed by atoms with Gasteiger partial charge in [0.2, 0.25) is 0 Å². The van der Waals surface area contributed by atoms with E-state index < -0.39 is 30.8 Å². The van der Waals surface area contributed by atoms with Crippen LogP contribution in [0, 0.1) is 0 Å². The molecule has 0 spiro atoms. The average Bonchev–Trinajstić information content (AvgIpc) is 2.00. The van der Waals surface area contributed by atoms with Gasteiger partial charge in [-0.15, -0.1) is 0 Å². The van der Waals surface area contributed by atoms with Gasteiger partial charge in [0, 0.05) is 5.57 Å². The Labute approximate surface area is 64.9 Å². The fourth-order valence-corrected chi connectivity index (χ4v) is 0.476. The molecule has 0 aliphatic heterocycles. The van der Waals surface area contributed by atoms with Crippen LogP contribution in [0.4, 0.5) is 26.3 Å². The maximum atomic E-state index is 12.1. The van der Waals surface area contributed by atoms with Crippen LogP contribution < -0.4 is 0 Å². The van der Waals surface area contributed by atoms with Crippen molar-refractivity contribution in [2.45, 2.75) is 25.2 Å². The largest absolute Gasteiger partial charge is 0.273 e. The second-order valence-electron chi connectivity index (χ2n) is 2.05. The summed E-state index contributed by atoms with van der Waals surface area (Å²) in [6.07, 6.45) is -13.1. The van der Waals surface area contributed by atoms with Gasteiger partial charge in [-0.2, -0.15) is 0 Å². The average molecular weight is 192 g/mol. The molecule has 0 saturated carbocycles. The van der Waals surface area contributed by atoms with E-state index in [9.17, 15) is 26.3 Å². The molecular weight excluding hydrogens is 186 g/mol. The standard InChI is InChI=1S/C6H6F6/c1-2(3(7)5(9)10)4(8)6(11)12/h3-6H,1H2. The molecule has 0 fully saturated rings. The highest BCUT2D eigenvalue weighted by atomic mass is 19.3. The molecule has 0 rings (SSSR count). The normalized spacial score (nSPS) is 16.7. The molecule has 12 heavy (non-hydrogen) atoms. The Morgan fingerprint density at radius 3 is 1.17 bits per heavy atom. The van der Waals surface area contributed by atoms with Crippen LogP contribution in [0.3, 0.4) is 0 Å². The highest BCUT2D eigenvalue weighted by Crippen LogP contribution is 2.22. The van der Waals surface area contributed by atoms with Crippen LogP contribution in [0.1, 0.15) is 0 Å². The van der Waals surface area contributed by atoms with Crippen molar-refractivity contribution >= 4 is 0 Å². The third-order valence-electron chi connectivity index (χ3n) is 1.15. The molecular formula is C6H6F6. The zero-order valence-electron chi connectivity index (χ0n) is 5.78. The van der Waals surface area contributed by atoms with E-state index in [0.29, 0.717) is 0 Å². The molecule has 0 aromatic carbocycles. The summed E-state index contributed by atoms with van der Waals surface area (Å²) in [6.45, 7) is 2.49. The summed E-state index contributed by atoms with van der Waals surface area (Å²) in [4.78, 5) is 0. The molecule has 0 nitrogen and oxygen atoms in total. The van der Waals surface area contributed by atoms with Crippen molar-refractivity contribution in [3.05, 3.63) is 12.2 Å². The molecule has 0 aliphatic carbocycles. The molecule has 2 atom stereocenters. The fraction of sp³-hybridized carbons (Fsp3) is 0.667. The molecule has 6 heteroatoms. The summed E-state index contributed by atoms with van der Waals surface area (Å²) in [5.41, 5.74) is -1.42. The fourth-order valence-electron chi connectivity index (χ4n) is 0.476. The highest BCUT2D eigenvalue weighted by Gasteiger charge is 2.33. The van der Waals surface area contributed by atoms with Gasteiger partial charge in [-0.25, -0.2) is 26.3 Å². The quantitative estimate of drug-likeness (QED) is 0.474. The molecule has 2 unspecified atom stereocenters. The Bertz CT molecular complexity index is 138. The SMILES string of the molecule is C=C(C(F)C(F)F)C(F)C(F)F. The van der Waals surface area contributed by atoms with Crippen LogP contribution in [-0.2, 0) is 0 Å². The lowest BCUT2D eigenvalue weighted by Crippen LogP contribution is -2.25. The summed E-state index contributed by atoms with van der Waals surface area (Å²) >= 11 is 0. The van der Waals surface area contributed by atoms with Gasteiger partial charge in [-0.05, 0) is 0 Å². The van der Waals surface area contributed by atoms with Crippen LogP contribution in [-0.4, -0.2) is 25.2 Å². The Balaban J connectivity index is 4.19. The van der Waals surface area contributed by atoms with Crippen molar-refractivity contribution in [3.8, 4) is 0 Å². The van der Waals surface area contributed by atoms with Gasteiger partial charge < -0.3 is 0 Å². The lowest BCUT2D eigenvalue weighted by atomic mass is 10.1. The van der Waals surface area contributed by atoms with Crippen molar-refractivity contribution in [2.75, 3.05) is 0 Å². The van der Waals surface area contributed by atoms with Crippen LogP contribution in [0.15, 0.2) is 12.2 Å². The number of alkyl halides is 6. The molecule has 0 heterocycles. The van der Waals surface area contributed by atoms with Crippen molar-refractivity contribution in [1.82, 2.24) is 0 Å². The Kier molecular flexibility index (Phi) is 4.12. The summed E-state index contributed by atoms with van der Waals surface area (Å²) in [5, 5.41) is 0. The van der Waals surface area contributed by atoms with Crippen molar-refractivity contribution in [1.29, 1.82) is 0 Å². The molecule has 0 amide bonds. The molecule has 0 aromatic heterocycles. The third kappa shape index (κ3) is 2.75. The molecule has 0 N–H and O–H groups in total. The van der Waals surface area contributed by atoms with Gasteiger partial charge in [0.15, 0.2) is 12.3 Å². The Hall–Kier alpha value is -0.680. The maximum absolute atomic E-state index is 12.1. The summed E-state index contributed by atoms with van der Waals surface area (Å²) in [7, 11) is 0. The Morgan fingerprint density at radius 1 is 0.750 bits per heavy atom. The first-order valence-corrected chi connectivity index (χ1v) is 2.91. The lowest BCUT2D eigenvalue weighted by Gasteiger charge is -2.13. The van der Waals surface area contributed by atoms with E-state index in [0.717, 1.165) is 0 Å². The lowest BCUT2D eigenvalue weighted by molar-refractivity contribution is 0.0297. The summed E-state index contributed by atoms with van der Waals surface area (Å²) in [5.74, 6) is 0. The van der Waals surface area contributed by atoms with E-state index >= 15 is 0 Å². The monoisotopic (exact) mass is 192 g/mol. The van der Waals surface area contributed by atoms with Gasteiger partial charge in [-0.1, -0.05) is 6.58 Å². The van der Waals surface area contributed by atoms with Crippen LogP contribution in [0.5, 0.6) is 0 Å². The summed E-state index contributed by atoms with van der Waals surface area (Å²) < 4.78 is 70.0. The number of halogens is 6. The smallest absolute Gasteiger partial charge is 0.236 e. The van der Waals surface area contributed by atoms with Gasteiger partial charge in [-0.3, -0.25) is 0 Å². The van der Waals surface area contributed by atoms with Crippen LogP contribution >= 0.6 is 0 Å². The van der Waals surface area contributed by atoms with E-state index in [1.807, 2.05) is 0 Å². The molecule has 0 aromatic rings. The van der Waals surface area contributed by atoms with Crippen molar-refractivity contribution in [2.24, 2.45) is 0 Å². The number of rotatable bonds is 4. The van der Waals surface area contributed by atoms with Gasteiger partial charge in [0.25, 0.3) is 12.9 Å². The minimum Gasteiger partial charge on any atom is -0.236 e. The first-order valence-electron chi connectivity index (χ1n) is 2.91. The van der Waals surface area contributed by atoms with E-state index in [-0.39, 0.29) is 0 Å². The second-order valence-corrected chi connectivity index (χ2v) is 2.05. The molecule has 72 valence electrons. The predicted molar refractivity (Wildman–Crippen MR) is 30.9 cm³/mol. The molecule has 0 aliphatic rings. The predicted octanol–water partition coefficient (Wildman–Crippen LogP) is 2.75. The zero-order chi connectivity index (χ0) is 9.89. The number of allylic oxidation sites excluding steroid dienone is 1. The highest BCUT2D eigenvalue weighted by molar-refractivity contribution is 5.10. The number of hydrogen-bond donors (Lipinski definition) is 0. The van der Waals surface area contributed by atoms with E-state index in [2.05, 4.69) is 6.58 Å². The first-order chi connectivity index (χ1) is 5.37. The zero-order valence-corrected chi connectivity index (χ0v) is 5.78. The van der Waals surface area contributed by atoms with Crippen molar-refractivity contribution < 1.29 is 26.3 Å². The minimum atomic E-state index is -3.52. The number of hydrogen-bond acceptors (Lipinski definition) is 0. The molecule has 0 radical (unpaired) electrons. The van der Waals surface area contributed by atoms with Crippen LogP contribution in [0.25, 0.3) is 0 Å². The molecule has 0 bridgehead atoms. The Morgan fingerprint density at radius 2 is 1.00 bits per heavy atom. The van der Waals surface area contributed by atoms with Gasteiger partial charge in [0.1, 0.15) is 0 Å². The van der Waals surface area contributed by atoms with Gasteiger partial charge >= 0.3 is 0 Å². The topological polar surface area (TPSA) is 0 Å². The minimum absolute atomic E-state index is 1.42. The third-order valence-corrected chi connectivity index (χ3v) is 1.15. The van der Waals surface area contributed by atoms with E-state index in [1.54, 1.807) is 0 Å². The summed E-state index contributed by atoms with van der Waals surface area (Å²) in [6, 6.07) is 0. The van der Waals surface area contributed by atoms with E-state index in [1.165, 1.54) is 0 Å². The van der Waals surface area contributed by atoms with E-state index in [4.69, 9.17) is 0 Å². The van der Waals surface area contributed by atoms with Gasteiger partial charge in [0.05, 0.1) is 0 Å². The molecule has 0 saturated heterocycles. The second kappa shape index (κ2) is 4.37. The maximum Gasteiger partial charge on any atom is 0.273 e. The van der Waals surface area contributed by atoms with Crippen molar-refractivity contribution in [3.63, 3.8) is 0 Å². The van der Waals surface area contributed by atoms with Crippen LogP contribution in [0.2, 0.25) is 0 Å².